The third-order valence-corrected chi connectivity index (χ3v) is 5.36. The molecule has 2 aliphatic rings. The third-order valence-electron chi connectivity index (χ3n) is 3.53. The van der Waals surface area contributed by atoms with Gasteiger partial charge in [-0.2, -0.15) is 4.42 Å². The van der Waals surface area contributed by atoms with Crippen molar-refractivity contribution in [1.29, 1.82) is 5.41 Å². The molecule has 1 aromatic carbocycles. The molecule has 3 N–H and O–H groups in total. The van der Waals surface area contributed by atoms with Crippen molar-refractivity contribution in [2.75, 3.05) is 0 Å². The lowest BCUT2D eigenvalue weighted by Crippen LogP contribution is -2.54. The maximum atomic E-state index is 11.7. The van der Waals surface area contributed by atoms with E-state index in [9.17, 15) is 9.90 Å². The van der Waals surface area contributed by atoms with E-state index in [2.05, 4.69) is 11.4 Å². The van der Waals surface area contributed by atoms with Crippen LogP contribution in [0.25, 0.3) is 4.91 Å². The number of thioether (sulfide) groups is 1. The lowest BCUT2D eigenvalue weighted by molar-refractivity contribution is -0.125. The Labute approximate surface area is 131 Å². The van der Waals surface area contributed by atoms with E-state index in [0.717, 1.165) is 21.3 Å². The van der Waals surface area contributed by atoms with E-state index in [-0.39, 0.29) is 35.3 Å². The number of guanidine groups is 1. The summed E-state index contributed by atoms with van der Waals surface area (Å²) in [7, 11) is 0. The Hall–Kier alpha value is -1.66. The molecule has 1 fully saturated rings. The average Bonchev–Trinajstić information content (AvgIpc) is 2.94. The molecule has 2 aliphatic heterocycles. The highest BCUT2D eigenvalue weighted by molar-refractivity contribution is 8.09. The van der Waals surface area contributed by atoms with Crippen LogP contribution < -0.4 is 5.32 Å². The van der Waals surface area contributed by atoms with Gasteiger partial charge in [-0.1, -0.05) is 18.2 Å². The number of allylic oxidation sites excluding steroid dienone is 1. The van der Waals surface area contributed by atoms with Gasteiger partial charge >= 0.3 is 0 Å². The lowest BCUT2D eigenvalue weighted by Gasteiger charge is -2.32. The number of carbonyl (C=O) groups excluding carboxylic acids is 1. The summed E-state index contributed by atoms with van der Waals surface area (Å²) in [5.74, 6) is -0.0795. The molecule has 110 valence electrons. The van der Waals surface area contributed by atoms with Crippen molar-refractivity contribution in [1.82, 2.24) is 9.74 Å². The first-order valence-corrected chi connectivity index (χ1v) is 7.76. The minimum atomic E-state index is -0.253. The fraction of sp³-hybridized carbons (Fsp3) is 0.286. The fourth-order valence-electron chi connectivity index (χ4n) is 2.47. The number of hydrogen-bond donors (Lipinski definition) is 3. The van der Waals surface area contributed by atoms with Crippen LogP contribution in [0, 0.1) is 5.41 Å². The maximum Gasteiger partial charge on any atom is 0.246 e. The minimum Gasteiger partial charge on any atom is -0.508 e. The summed E-state index contributed by atoms with van der Waals surface area (Å²) in [5.41, 5.74) is 0.971. The van der Waals surface area contributed by atoms with Crippen LogP contribution >= 0.6 is 23.5 Å². The van der Waals surface area contributed by atoms with Crippen molar-refractivity contribution < 1.29 is 9.90 Å². The van der Waals surface area contributed by atoms with Gasteiger partial charge in [-0.25, -0.2) is 0 Å². The second kappa shape index (κ2) is 5.61. The Balaban J connectivity index is 1.69. The number of aromatic hydroxyl groups is 1. The smallest absolute Gasteiger partial charge is 0.246 e. The highest BCUT2D eigenvalue weighted by atomic mass is 35.5. The van der Waals surface area contributed by atoms with Crippen LogP contribution in [-0.4, -0.2) is 32.7 Å². The van der Waals surface area contributed by atoms with Gasteiger partial charge in [0, 0.05) is 28.4 Å². The fourth-order valence-corrected chi connectivity index (χ4v) is 3.90. The zero-order valence-corrected chi connectivity index (χ0v) is 12.6. The number of rotatable bonds is 2. The number of nitrogens with zero attached hydrogens (tertiary/aromatic N) is 1. The molecule has 1 unspecified atom stereocenters. The summed E-state index contributed by atoms with van der Waals surface area (Å²) >= 11 is 7.34. The molecule has 7 heteroatoms. The first kappa shape index (κ1) is 14.3. The number of phenolic OH excluding ortho intramolecular Hbond substituents is 1. The topological polar surface area (TPSA) is 76.4 Å². The van der Waals surface area contributed by atoms with Crippen molar-refractivity contribution in [3.63, 3.8) is 0 Å². The summed E-state index contributed by atoms with van der Waals surface area (Å²) in [4.78, 5) is 12.8. The Morgan fingerprint density at radius 2 is 2.29 bits per heavy atom. The minimum absolute atomic E-state index is 0.0654. The standard InChI is InChI=1S/C14H14ClN3O2S/c15-18-13(20)7-10(17-14(18)16)12-5-4-11(21-12)8-2-1-3-9(19)6-8/h1-4,6,10,12,19H,5,7H2,(H2,16,17)/t10-,12?/m0/s1. The largest absolute Gasteiger partial charge is 0.508 e. The molecule has 3 rings (SSSR count). The van der Waals surface area contributed by atoms with Crippen molar-refractivity contribution in [2.45, 2.75) is 24.1 Å². The molecule has 0 aromatic heterocycles. The predicted octanol–water partition coefficient (Wildman–Crippen LogP) is 2.52. The van der Waals surface area contributed by atoms with Gasteiger partial charge in [-0.05, 0) is 24.1 Å². The molecule has 1 aromatic rings. The Morgan fingerprint density at radius 1 is 1.48 bits per heavy atom. The summed E-state index contributed by atoms with van der Waals surface area (Å²) in [6.07, 6.45) is 3.20. The molecule has 0 bridgehead atoms. The summed E-state index contributed by atoms with van der Waals surface area (Å²) in [5, 5.41) is 20.4. The molecule has 0 aliphatic carbocycles. The number of benzene rings is 1. The summed E-state index contributed by atoms with van der Waals surface area (Å²) in [6, 6.07) is 7.02. The molecule has 2 heterocycles. The van der Waals surface area contributed by atoms with Gasteiger partial charge in [0.2, 0.25) is 11.9 Å². The monoisotopic (exact) mass is 323 g/mol. The number of hydrogen-bond acceptors (Lipinski definition) is 4. The molecule has 1 amide bonds. The highest BCUT2D eigenvalue weighted by Crippen LogP contribution is 2.42. The van der Waals surface area contributed by atoms with Crippen LogP contribution in [0.15, 0.2) is 30.3 Å². The SMILES string of the molecule is N=C1N[C@H](C2CC=C(c3cccc(O)c3)S2)CC(=O)N1Cl. The second-order valence-corrected chi connectivity index (χ2v) is 6.61. The number of phenols is 1. The zero-order valence-electron chi connectivity index (χ0n) is 11.0. The maximum absolute atomic E-state index is 11.7. The quantitative estimate of drug-likeness (QED) is 0.731. The van der Waals surface area contributed by atoms with E-state index < -0.39 is 0 Å². The van der Waals surface area contributed by atoms with Gasteiger partial charge in [-0.3, -0.25) is 10.2 Å². The molecular formula is C14H14ClN3O2S. The first-order valence-electron chi connectivity index (χ1n) is 6.54. The van der Waals surface area contributed by atoms with E-state index in [1.807, 2.05) is 12.1 Å². The molecular weight excluding hydrogens is 310 g/mol. The average molecular weight is 324 g/mol. The Kier molecular flexibility index (Phi) is 3.82. The van der Waals surface area contributed by atoms with Crippen LogP contribution in [-0.2, 0) is 4.79 Å². The van der Waals surface area contributed by atoms with E-state index in [1.165, 1.54) is 0 Å². The predicted molar refractivity (Wildman–Crippen MR) is 84.0 cm³/mol. The molecule has 2 atom stereocenters. The number of amides is 1. The molecule has 1 saturated heterocycles. The van der Waals surface area contributed by atoms with Crippen LogP contribution in [0.3, 0.4) is 0 Å². The summed E-state index contributed by atoms with van der Waals surface area (Å²) < 4.78 is 0.819. The molecule has 0 radical (unpaired) electrons. The molecule has 5 nitrogen and oxygen atoms in total. The highest BCUT2D eigenvalue weighted by Gasteiger charge is 2.35. The van der Waals surface area contributed by atoms with E-state index >= 15 is 0 Å². The zero-order chi connectivity index (χ0) is 15.0. The van der Waals surface area contributed by atoms with Crippen LogP contribution in [0.4, 0.5) is 0 Å². The normalized spacial score (nSPS) is 25.8. The number of nitrogens with one attached hydrogen (secondary N) is 2. The van der Waals surface area contributed by atoms with Crippen LogP contribution in [0.2, 0.25) is 0 Å². The third kappa shape index (κ3) is 2.87. The Morgan fingerprint density at radius 3 is 3.00 bits per heavy atom. The van der Waals surface area contributed by atoms with Crippen molar-refractivity contribution in [3.8, 4) is 5.75 Å². The first-order chi connectivity index (χ1) is 10.0. The van der Waals surface area contributed by atoms with Gasteiger partial charge in [-0.15, -0.1) is 11.8 Å². The summed E-state index contributed by atoms with van der Waals surface area (Å²) in [6.45, 7) is 0. The van der Waals surface area contributed by atoms with Gasteiger partial charge < -0.3 is 10.4 Å². The van der Waals surface area contributed by atoms with E-state index in [4.69, 9.17) is 17.2 Å². The lowest BCUT2D eigenvalue weighted by atomic mass is 10.0. The van der Waals surface area contributed by atoms with Crippen molar-refractivity contribution >= 4 is 40.3 Å². The number of halogens is 1. The van der Waals surface area contributed by atoms with Crippen molar-refractivity contribution in [3.05, 3.63) is 35.9 Å². The molecule has 0 spiro atoms. The number of carbonyl (C=O) groups is 1. The van der Waals surface area contributed by atoms with E-state index in [1.54, 1.807) is 23.9 Å². The molecule has 21 heavy (non-hydrogen) atoms. The van der Waals surface area contributed by atoms with Gasteiger partial charge in [0.1, 0.15) is 5.75 Å². The second-order valence-electron chi connectivity index (χ2n) is 4.99. The van der Waals surface area contributed by atoms with E-state index in [0.29, 0.717) is 0 Å². The van der Waals surface area contributed by atoms with Gasteiger partial charge in [0.25, 0.3) is 0 Å². The van der Waals surface area contributed by atoms with Crippen LogP contribution in [0.1, 0.15) is 18.4 Å². The van der Waals surface area contributed by atoms with Gasteiger partial charge in [0.05, 0.1) is 6.04 Å². The molecule has 0 saturated carbocycles. The van der Waals surface area contributed by atoms with Crippen LogP contribution in [0.5, 0.6) is 5.75 Å². The van der Waals surface area contributed by atoms with Gasteiger partial charge in [0.15, 0.2) is 0 Å². The Bertz CT molecular complexity index is 616. The van der Waals surface area contributed by atoms with Crippen molar-refractivity contribution in [2.24, 2.45) is 0 Å².